The highest BCUT2D eigenvalue weighted by molar-refractivity contribution is 5.58. The molecule has 2 N–H and O–H groups in total. The van der Waals surface area contributed by atoms with Crippen molar-refractivity contribution < 1.29 is 10.0 Å². The van der Waals surface area contributed by atoms with Gasteiger partial charge in [-0.05, 0) is 11.6 Å². The highest BCUT2D eigenvalue weighted by Crippen LogP contribution is 2.31. The van der Waals surface area contributed by atoms with Gasteiger partial charge < -0.3 is 10.4 Å². The van der Waals surface area contributed by atoms with Crippen molar-refractivity contribution in [3.63, 3.8) is 0 Å². The zero-order chi connectivity index (χ0) is 13.8. The zero-order valence-corrected chi connectivity index (χ0v) is 10.4. The summed E-state index contributed by atoms with van der Waals surface area (Å²) in [6, 6.07) is 13.4. The summed E-state index contributed by atoms with van der Waals surface area (Å²) in [5.74, 6) is 0. The Balaban J connectivity index is 2.47. The second-order valence-corrected chi connectivity index (χ2v) is 4.09. The van der Waals surface area contributed by atoms with E-state index in [0.717, 1.165) is 0 Å². The fourth-order valence-corrected chi connectivity index (χ4v) is 1.93. The summed E-state index contributed by atoms with van der Waals surface area (Å²) >= 11 is 0. The van der Waals surface area contributed by atoms with Gasteiger partial charge in [0.2, 0.25) is 0 Å². The molecule has 2 aromatic rings. The van der Waals surface area contributed by atoms with Crippen molar-refractivity contribution in [3.8, 4) is 0 Å². The first-order valence-corrected chi connectivity index (χ1v) is 5.82. The molecule has 0 aliphatic carbocycles. The molecule has 19 heavy (non-hydrogen) atoms. The molecule has 0 saturated heterocycles. The van der Waals surface area contributed by atoms with E-state index in [4.69, 9.17) is 0 Å². The number of non-ortho nitro benzene ring substituents is 1. The number of benzene rings is 2. The maximum Gasteiger partial charge on any atom is 0.269 e. The number of nitro groups is 1. The predicted octanol–water partition coefficient (Wildman–Crippen LogP) is 2.72. The van der Waals surface area contributed by atoms with Crippen LogP contribution in [0.2, 0.25) is 0 Å². The lowest BCUT2D eigenvalue weighted by Gasteiger charge is -2.15. The van der Waals surface area contributed by atoms with Gasteiger partial charge in [0.15, 0.2) is 0 Å². The van der Waals surface area contributed by atoms with Crippen LogP contribution in [0.4, 0.5) is 11.4 Å². The average molecular weight is 258 g/mol. The van der Waals surface area contributed by atoms with Crippen LogP contribution in [-0.2, 0) is 0 Å². The molecule has 5 heteroatoms. The van der Waals surface area contributed by atoms with Crippen LogP contribution in [0.3, 0.4) is 0 Å². The Hall–Kier alpha value is -2.40. The highest BCUT2D eigenvalue weighted by atomic mass is 16.6. The standard InChI is InChI=1S/C14H14N2O3/c1-15-13-8-7-11(16(18)19)9-12(13)14(17)10-5-3-2-4-6-10/h2-9,14-15,17H,1H3. The van der Waals surface area contributed by atoms with Gasteiger partial charge in [0, 0.05) is 30.4 Å². The van der Waals surface area contributed by atoms with Crippen molar-refractivity contribution in [2.75, 3.05) is 12.4 Å². The molecule has 5 nitrogen and oxygen atoms in total. The van der Waals surface area contributed by atoms with Crippen LogP contribution < -0.4 is 5.32 Å². The third kappa shape index (κ3) is 2.71. The van der Waals surface area contributed by atoms with E-state index in [2.05, 4.69) is 5.32 Å². The van der Waals surface area contributed by atoms with E-state index in [9.17, 15) is 15.2 Å². The molecule has 0 spiro atoms. The molecule has 0 fully saturated rings. The van der Waals surface area contributed by atoms with E-state index in [0.29, 0.717) is 16.8 Å². The molecule has 2 rings (SSSR count). The largest absolute Gasteiger partial charge is 0.388 e. The third-order valence-corrected chi connectivity index (χ3v) is 2.93. The van der Waals surface area contributed by atoms with Gasteiger partial charge in [0.05, 0.1) is 4.92 Å². The van der Waals surface area contributed by atoms with E-state index in [1.165, 1.54) is 12.1 Å². The Kier molecular flexibility index (Phi) is 3.77. The molecule has 0 saturated carbocycles. The van der Waals surface area contributed by atoms with Crippen LogP contribution in [0.25, 0.3) is 0 Å². The van der Waals surface area contributed by atoms with Gasteiger partial charge in [-0.3, -0.25) is 10.1 Å². The van der Waals surface area contributed by atoms with Crippen LogP contribution in [0.1, 0.15) is 17.2 Å². The van der Waals surface area contributed by atoms with Gasteiger partial charge in [0.1, 0.15) is 6.10 Å². The van der Waals surface area contributed by atoms with E-state index in [1.807, 2.05) is 18.2 Å². The fraction of sp³-hybridized carbons (Fsp3) is 0.143. The molecule has 0 bridgehead atoms. The summed E-state index contributed by atoms with van der Waals surface area (Å²) in [5, 5.41) is 24.1. The smallest absolute Gasteiger partial charge is 0.269 e. The number of aliphatic hydroxyl groups excluding tert-OH is 1. The zero-order valence-electron chi connectivity index (χ0n) is 10.4. The van der Waals surface area contributed by atoms with E-state index < -0.39 is 11.0 Å². The van der Waals surface area contributed by atoms with Gasteiger partial charge in [-0.15, -0.1) is 0 Å². The lowest BCUT2D eigenvalue weighted by molar-refractivity contribution is -0.384. The SMILES string of the molecule is CNc1ccc([N+](=O)[O-])cc1C(O)c1ccccc1. The Morgan fingerprint density at radius 2 is 1.89 bits per heavy atom. The second kappa shape index (κ2) is 5.49. The summed E-state index contributed by atoms with van der Waals surface area (Å²) in [5.41, 5.74) is 1.81. The molecule has 1 atom stereocenters. The molecule has 0 amide bonds. The highest BCUT2D eigenvalue weighted by Gasteiger charge is 2.18. The monoisotopic (exact) mass is 258 g/mol. The first-order chi connectivity index (χ1) is 9.13. The summed E-state index contributed by atoms with van der Waals surface area (Å²) < 4.78 is 0. The van der Waals surface area contributed by atoms with Crippen LogP contribution in [-0.4, -0.2) is 17.1 Å². The molecular weight excluding hydrogens is 244 g/mol. The van der Waals surface area contributed by atoms with E-state index in [-0.39, 0.29) is 5.69 Å². The maximum absolute atomic E-state index is 10.8. The minimum atomic E-state index is -0.899. The molecule has 0 radical (unpaired) electrons. The van der Waals surface area contributed by atoms with Gasteiger partial charge in [-0.25, -0.2) is 0 Å². The Morgan fingerprint density at radius 3 is 2.47 bits per heavy atom. The van der Waals surface area contributed by atoms with Crippen molar-refractivity contribution >= 4 is 11.4 Å². The van der Waals surface area contributed by atoms with Crippen molar-refractivity contribution in [2.45, 2.75) is 6.10 Å². The number of aliphatic hydroxyl groups is 1. The summed E-state index contributed by atoms with van der Waals surface area (Å²) in [7, 11) is 1.71. The van der Waals surface area contributed by atoms with Crippen molar-refractivity contribution in [1.82, 2.24) is 0 Å². The number of hydrogen-bond donors (Lipinski definition) is 2. The fourth-order valence-electron chi connectivity index (χ4n) is 1.93. The minimum absolute atomic E-state index is 0.0380. The number of nitrogens with zero attached hydrogens (tertiary/aromatic N) is 1. The van der Waals surface area contributed by atoms with Crippen molar-refractivity contribution in [3.05, 3.63) is 69.8 Å². The maximum atomic E-state index is 10.8. The van der Waals surface area contributed by atoms with Crippen LogP contribution in [0.5, 0.6) is 0 Å². The number of rotatable bonds is 4. The topological polar surface area (TPSA) is 75.4 Å². The molecule has 0 aliphatic heterocycles. The predicted molar refractivity (Wildman–Crippen MR) is 73.1 cm³/mol. The molecule has 98 valence electrons. The second-order valence-electron chi connectivity index (χ2n) is 4.09. The molecule has 0 heterocycles. The Bertz CT molecular complexity index is 584. The van der Waals surface area contributed by atoms with E-state index in [1.54, 1.807) is 25.2 Å². The van der Waals surface area contributed by atoms with Gasteiger partial charge >= 0.3 is 0 Å². The minimum Gasteiger partial charge on any atom is -0.388 e. The quantitative estimate of drug-likeness (QED) is 0.653. The summed E-state index contributed by atoms with van der Waals surface area (Å²) in [6.07, 6.45) is -0.899. The number of nitrogens with one attached hydrogen (secondary N) is 1. The van der Waals surface area contributed by atoms with Crippen LogP contribution in [0, 0.1) is 10.1 Å². The molecule has 0 aromatic heterocycles. The molecule has 2 aromatic carbocycles. The lowest BCUT2D eigenvalue weighted by atomic mass is 9.99. The number of hydrogen-bond acceptors (Lipinski definition) is 4. The van der Waals surface area contributed by atoms with Crippen LogP contribution >= 0.6 is 0 Å². The summed E-state index contributed by atoms with van der Waals surface area (Å²) in [6.45, 7) is 0. The van der Waals surface area contributed by atoms with Gasteiger partial charge in [0.25, 0.3) is 5.69 Å². The average Bonchev–Trinajstić information content (AvgIpc) is 2.46. The molecule has 0 aliphatic rings. The van der Waals surface area contributed by atoms with Gasteiger partial charge in [-0.2, -0.15) is 0 Å². The van der Waals surface area contributed by atoms with E-state index >= 15 is 0 Å². The Labute approximate surface area is 110 Å². The summed E-state index contributed by atoms with van der Waals surface area (Å²) in [4.78, 5) is 10.3. The van der Waals surface area contributed by atoms with Gasteiger partial charge in [-0.1, -0.05) is 30.3 Å². The van der Waals surface area contributed by atoms with Crippen molar-refractivity contribution in [1.29, 1.82) is 0 Å². The first-order valence-electron chi connectivity index (χ1n) is 5.82. The third-order valence-electron chi connectivity index (χ3n) is 2.93. The number of anilines is 1. The number of nitro benzene ring substituents is 1. The van der Waals surface area contributed by atoms with Crippen molar-refractivity contribution in [2.24, 2.45) is 0 Å². The normalized spacial score (nSPS) is 11.9. The Morgan fingerprint density at radius 1 is 1.21 bits per heavy atom. The first kappa shape index (κ1) is 13.0. The molecule has 1 unspecified atom stereocenters. The lowest BCUT2D eigenvalue weighted by Crippen LogP contribution is -2.05. The van der Waals surface area contributed by atoms with Crippen LogP contribution in [0.15, 0.2) is 48.5 Å². The molecular formula is C14H14N2O3.